The van der Waals surface area contributed by atoms with E-state index in [9.17, 15) is 0 Å². The van der Waals surface area contributed by atoms with Gasteiger partial charge in [0.25, 0.3) is 0 Å². The standard InChI is InChI=1S/C9H17NO.ClH/c1-11-6-7-4-8-2-3-9(5-7)10-8;/h7-10H,2-6H2,1H3;1H/t7?,8-,9+;. The number of piperidine rings is 1. The van der Waals surface area contributed by atoms with Gasteiger partial charge < -0.3 is 10.1 Å². The van der Waals surface area contributed by atoms with Gasteiger partial charge in [-0.3, -0.25) is 0 Å². The van der Waals surface area contributed by atoms with Crippen molar-refractivity contribution in [3.05, 3.63) is 0 Å². The normalized spacial score (nSPS) is 39.2. The summed E-state index contributed by atoms with van der Waals surface area (Å²) in [4.78, 5) is 0. The Balaban J connectivity index is 0.000000720. The van der Waals surface area contributed by atoms with Crippen molar-refractivity contribution in [1.29, 1.82) is 0 Å². The fourth-order valence-electron chi connectivity index (χ4n) is 2.55. The monoisotopic (exact) mass is 191 g/mol. The van der Waals surface area contributed by atoms with Crippen molar-refractivity contribution in [3.8, 4) is 0 Å². The summed E-state index contributed by atoms with van der Waals surface area (Å²) < 4.78 is 5.18. The van der Waals surface area contributed by atoms with E-state index in [1.807, 2.05) is 7.11 Å². The highest BCUT2D eigenvalue weighted by molar-refractivity contribution is 5.85. The summed E-state index contributed by atoms with van der Waals surface area (Å²) in [7, 11) is 1.81. The molecule has 2 heterocycles. The number of fused-ring (bicyclic) bond motifs is 2. The summed E-state index contributed by atoms with van der Waals surface area (Å²) in [5.41, 5.74) is 0. The summed E-state index contributed by atoms with van der Waals surface area (Å²) in [5, 5.41) is 3.62. The van der Waals surface area contributed by atoms with Crippen molar-refractivity contribution in [2.24, 2.45) is 5.92 Å². The lowest BCUT2D eigenvalue weighted by Gasteiger charge is -2.28. The molecule has 3 heteroatoms. The summed E-state index contributed by atoms with van der Waals surface area (Å²) >= 11 is 0. The third-order valence-corrected chi connectivity index (χ3v) is 2.97. The van der Waals surface area contributed by atoms with Crippen molar-refractivity contribution in [1.82, 2.24) is 5.32 Å². The molecule has 0 aromatic heterocycles. The minimum absolute atomic E-state index is 0. The summed E-state index contributed by atoms with van der Waals surface area (Å²) in [6, 6.07) is 1.63. The maximum Gasteiger partial charge on any atom is 0.0491 e. The number of ether oxygens (including phenoxy) is 1. The fourth-order valence-corrected chi connectivity index (χ4v) is 2.55. The van der Waals surface area contributed by atoms with Gasteiger partial charge in [0.15, 0.2) is 0 Å². The van der Waals surface area contributed by atoms with Crippen LogP contribution in [0.5, 0.6) is 0 Å². The third kappa shape index (κ3) is 2.12. The minimum Gasteiger partial charge on any atom is -0.384 e. The molecule has 0 spiro atoms. The molecule has 0 aromatic carbocycles. The van der Waals surface area contributed by atoms with Gasteiger partial charge in [-0.25, -0.2) is 0 Å². The van der Waals surface area contributed by atoms with Crippen LogP contribution in [0.4, 0.5) is 0 Å². The van der Waals surface area contributed by atoms with Crippen LogP contribution >= 0.6 is 12.4 Å². The van der Waals surface area contributed by atoms with Crippen LogP contribution < -0.4 is 5.32 Å². The van der Waals surface area contributed by atoms with Gasteiger partial charge in [0.2, 0.25) is 0 Å². The Kier molecular flexibility index (Phi) is 3.81. The molecule has 2 fully saturated rings. The topological polar surface area (TPSA) is 21.3 Å². The predicted octanol–water partition coefficient (Wildman–Crippen LogP) is 1.59. The number of halogens is 1. The van der Waals surface area contributed by atoms with Gasteiger partial charge in [0, 0.05) is 25.8 Å². The molecular weight excluding hydrogens is 174 g/mol. The Morgan fingerprint density at radius 3 is 2.33 bits per heavy atom. The van der Waals surface area contributed by atoms with E-state index in [0.717, 1.165) is 24.6 Å². The van der Waals surface area contributed by atoms with E-state index in [2.05, 4.69) is 5.32 Å². The van der Waals surface area contributed by atoms with E-state index < -0.39 is 0 Å². The molecule has 1 N–H and O–H groups in total. The molecule has 0 aliphatic carbocycles. The van der Waals surface area contributed by atoms with Crippen LogP contribution in [0.25, 0.3) is 0 Å². The molecule has 2 aliphatic heterocycles. The smallest absolute Gasteiger partial charge is 0.0491 e. The third-order valence-electron chi connectivity index (χ3n) is 2.97. The van der Waals surface area contributed by atoms with Crippen LogP contribution in [0.3, 0.4) is 0 Å². The Labute approximate surface area is 80.5 Å². The average molecular weight is 192 g/mol. The second-order valence-electron chi connectivity index (χ2n) is 3.93. The largest absolute Gasteiger partial charge is 0.384 e. The Bertz CT molecular complexity index is 130. The van der Waals surface area contributed by atoms with E-state index in [4.69, 9.17) is 4.74 Å². The molecule has 3 atom stereocenters. The fraction of sp³-hybridized carbons (Fsp3) is 1.00. The van der Waals surface area contributed by atoms with Crippen LogP contribution in [0.15, 0.2) is 0 Å². The lowest BCUT2D eigenvalue weighted by atomic mass is 9.93. The maximum atomic E-state index is 5.18. The van der Waals surface area contributed by atoms with E-state index >= 15 is 0 Å². The lowest BCUT2D eigenvalue weighted by molar-refractivity contribution is 0.122. The van der Waals surface area contributed by atoms with Gasteiger partial charge >= 0.3 is 0 Å². The molecule has 0 amide bonds. The second-order valence-corrected chi connectivity index (χ2v) is 3.93. The SMILES string of the molecule is COCC1C[C@H]2CC[C@@H](C1)N2.Cl. The zero-order valence-corrected chi connectivity index (χ0v) is 8.40. The Morgan fingerprint density at radius 2 is 1.83 bits per heavy atom. The van der Waals surface area contributed by atoms with E-state index in [0.29, 0.717) is 0 Å². The van der Waals surface area contributed by atoms with Crippen molar-refractivity contribution in [2.75, 3.05) is 13.7 Å². The molecule has 2 bridgehead atoms. The van der Waals surface area contributed by atoms with Gasteiger partial charge in [-0.2, -0.15) is 0 Å². The van der Waals surface area contributed by atoms with Crippen LogP contribution in [0, 0.1) is 5.92 Å². The van der Waals surface area contributed by atoms with E-state index in [1.165, 1.54) is 25.7 Å². The molecule has 1 unspecified atom stereocenters. The van der Waals surface area contributed by atoms with Gasteiger partial charge in [-0.05, 0) is 31.6 Å². The van der Waals surface area contributed by atoms with Crippen LogP contribution in [-0.4, -0.2) is 25.8 Å². The molecule has 2 aliphatic rings. The number of hydrogen-bond acceptors (Lipinski definition) is 2. The maximum absolute atomic E-state index is 5.18. The highest BCUT2D eigenvalue weighted by atomic mass is 35.5. The molecule has 2 nitrogen and oxygen atoms in total. The molecule has 12 heavy (non-hydrogen) atoms. The van der Waals surface area contributed by atoms with Crippen molar-refractivity contribution in [3.63, 3.8) is 0 Å². The Morgan fingerprint density at radius 1 is 1.25 bits per heavy atom. The molecule has 0 aromatic rings. The van der Waals surface area contributed by atoms with Crippen LogP contribution in [-0.2, 0) is 4.74 Å². The highest BCUT2D eigenvalue weighted by Crippen LogP contribution is 2.30. The number of nitrogens with one attached hydrogen (secondary N) is 1. The minimum atomic E-state index is 0. The second kappa shape index (κ2) is 4.45. The molecular formula is C9H18ClNO. The first-order valence-electron chi connectivity index (χ1n) is 4.63. The first kappa shape index (κ1) is 10.3. The number of methoxy groups -OCH3 is 1. The van der Waals surface area contributed by atoms with Crippen LogP contribution in [0.2, 0.25) is 0 Å². The summed E-state index contributed by atoms with van der Waals surface area (Å²) in [6.45, 7) is 0.967. The predicted molar refractivity (Wildman–Crippen MR) is 51.8 cm³/mol. The zero-order chi connectivity index (χ0) is 7.68. The molecule has 72 valence electrons. The molecule has 0 radical (unpaired) electrons. The quantitative estimate of drug-likeness (QED) is 0.716. The van der Waals surface area contributed by atoms with E-state index in [1.54, 1.807) is 0 Å². The lowest BCUT2D eigenvalue weighted by Crippen LogP contribution is -2.39. The zero-order valence-electron chi connectivity index (χ0n) is 7.58. The van der Waals surface area contributed by atoms with Crippen molar-refractivity contribution in [2.45, 2.75) is 37.8 Å². The number of rotatable bonds is 2. The van der Waals surface area contributed by atoms with Gasteiger partial charge in [-0.1, -0.05) is 0 Å². The van der Waals surface area contributed by atoms with E-state index in [-0.39, 0.29) is 12.4 Å². The van der Waals surface area contributed by atoms with Crippen molar-refractivity contribution < 1.29 is 4.74 Å². The summed E-state index contributed by atoms with van der Waals surface area (Å²) in [6.07, 6.45) is 5.46. The molecule has 2 saturated heterocycles. The van der Waals surface area contributed by atoms with Crippen LogP contribution in [0.1, 0.15) is 25.7 Å². The van der Waals surface area contributed by atoms with Gasteiger partial charge in [-0.15, -0.1) is 12.4 Å². The van der Waals surface area contributed by atoms with Crippen molar-refractivity contribution >= 4 is 12.4 Å². The van der Waals surface area contributed by atoms with Gasteiger partial charge in [0.1, 0.15) is 0 Å². The average Bonchev–Trinajstić information content (AvgIpc) is 2.32. The molecule has 0 saturated carbocycles. The van der Waals surface area contributed by atoms with Gasteiger partial charge in [0.05, 0.1) is 0 Å². The first-order chi connectivity index (χ1) is 5.38. The number of hydrogen-bond donors (Lipinski definition) is 1. The summed E-state index contributed by atoms with van der Waals surface area (Å²) in [5.74, 6) is 0.832. The molecule has 2 rings (SSSR count). The first-order valence-corrected chi connectivity index (χ1v) is 4.63. The highest BCUT2D eigenvalue weighted by Gasteiger charge is 2.32. The Hall–Kier alpha value is 0.210.